The lowest BCUT2D eigenvalue weighted by Crippen LogP contribution is -2.64. The third kappa shape index (κ3) is 38.5. The van der Waals surface area contributed by atoms with Crippen LogP contribution in [-0.4, -0.2) is 98.3 Å². The summed E-state index contributed by atoms with van der Waals surface area (Å²) >= 11 is 0. The van der Waals surface area contributed by atoms with Crippen LogP contribution < -0.4 is 0 Å². The second kappa shape index (κ2) is 46.8. The van der Waals surface area contributed by atoms with Gasteiger partial charge in [0.25, 0.3) is 0 Å². The normalized spacial score (nSPS) is 20.7. The predicted molar refractivity (Wildman–Crippen MR) is 286 cm³/mol. The largest absolute Gasteiger partial charge is 0.472 e. The Kier molecular flexibility index (Phi) is 44.4. The van der Waals surface area contributed by atoms with Crippen molar-refractivity contribution in [3.8, 4) is 0 Å². The van der Waals surface area contributed by atoms with Crippen molar-refractivity contribution in [1.29, 1.82) is 0 Å². The second-order valence-electron chi connectivity index (χ2n) is 20.5. The molecule has 1 saturated carbocycles. The Morgan fingerprint density at radius 1 is 0.423 bits per heavy atom. The standard InChI is InChI=1S/C57H107O13P/c1-3-5-7-9-11-13-15-17-19-21-23-25-27-29-31-33-35-37-39-41-43-45-50(58)67-47-49(48-68-71(65,66)70-57-55(63)53(61)52(60)54(62)56(57)64)69-51(59)46-44-42-40-38-36-34-32-30-28-26-24-22-20-18-16-14-12-10-8-6-4-2/h21-24,49,52-57,60-64H,3-20,25-48H2,1-2H3,(H,65,66)/b23-21-,24-22-. The fourth-order valence-electron chi connectivity index (χ4n) is 9.10. The monoisotopic (exact) mass is 1030 g/mol. The number of unbranched alkanes of at least 4 members (excludes halogenated alkanes) is 34. The molecule has 6 atom stereocenters. The Balaban J connectivity index is 2.33. The molecule has 71 heavy (non-hydrogen) atoms. The topological polar surface area (TPSA) is 210 Å². The molecule has 6 N–H and O–H groups in total. The van der Waals surface area contributed by atoms with E-state index in [1.165, 1.54) is 180 Å². The van der Waals surface area contributed by atoms with Crippen LogP contribution in [0.25, 0.3) is 0 Å². The van der Waals surface area contributed by atoms with Crippen molar-refractivity contribution in [3.05, 3.63) is 24.3 Å². The molecule has 1 rings (SSSR count). The highest BCUT2D eigenvalue weighted by atomic mass is 31.2. The first-order valence-corrected chi connectivity index (χ1v) is 30.6. The van der Waals surface area contributed by atoms with E-state index in [0.29, 0.717) is 12.8 Å². The molecule has 1 aliphatic carbocycles. The molecule has 0 aromatic carbocycles. The smallest absolute Gasteiger partial charge is 0.462 e. The molecule has 6 unspecified atom stereocenters. The number of hydrogen-bond donors (Lipinski definition) is 6. The molecule has 0 amide bonds. The summed E-state index contributed by atoms with van der Waals surface area (Å²) in [5.74, 6) is -1.09. The van der Waals surface area contributed by atoms with Crippen LogP contribution in [0, 0.1) is 0 Å². The molecule has 0 radical (unpaired) electrons. The van der Waals surface area contributed by atoms with Crippen LogP contribution in [-0.2, 0) is 32.7 Å². The van der Waals surface area contributed by atoms with Crippen LogP contribution in [0.2, 0.25) is 0 Å². The zero-order valence-corrected chi connectivity index (χ0v) is 45.9. The van der Waals surface area contributed by atoms with E-state index in [4.69, 9.17) is 18.5 Å². The minimum absolute atomic E-state index is 0.0969. The lowest BCUT2D eigenvalue weighted by atomic mass is 9.85. The van der Waals surface area contributed by atoms with E-state index in [0.717, 1.165) is 51.4 Å². The van der Waals surface area contributed by atoms with E-state index in [1.54, 1.807) is 0 Å². The lowest BCUT2D eigenvalue weighted by molar-refractivity contribution is -0.220. The average Bonchev–Trinajstić information content (AvgIpc) is 3.35. The number of phosphoric ester groups is 1. The summed E-state index contributed by atoms with van der Waals surface area (Å²) in [6.07, 6.45) is 42.2. The summed E-state index contributed by atoms with van der Waals surface area (Å²) in [5, 5.41) is 50.4. The molecule has 0 aromatic heterocycles. The van der Waals surface area contributed by atoms with Crippen molar-refractivity contribution in [2.75, 3.05) is 13.2 Å². The number of rotatable bonds is 50. The van der Waals surface area contributed by atoms with E-state index in [-0.39, 0.29) is 12.8 Å². The molecule has 0 bridgehead atoms. The number of aliphatic hydroxyl groups is 5. The number of aliphatic hydroxyl groups excluding tert-OH is 5. The van der Waals surface area contributed by atoms with Gasteiger partial charge in [-0.3, -0.25) is 18.6 Å². The van der Waals surface area contributed by atoms with Gasteiger partial charge in [0, 0.05) is 12.8 Å². The van der Waals surface area contributed by atoms with Gasteiger partial charge in [-0.15, -0.1) is 0 Å². The first kappa shape index (κ1) is 67.3. The predicted octanol–water partition coefficient (Wildman–Crippen LogP) is 13.5. The van der Waals surface area contributed by atoms with E-state index in [2.05, 4.69) is 38.2 Å². The van der Waals surface area contributed by atoms with Crippen LogP contribution in [0.1, 0.15) is 271 Å². The fraction of sp³-hybridized carbons (Fsp3) is 0.895. The molecule has 418 valence electrons. The second-order valence-corrected chi connectivity index (χ2v) is 21.9. The van der Waals surface area contributed by atoms with Crippen molar-refractivity contribution in [1.82, 2.24) is 0 Å². The summed E-state index contributed by atoms with van der Waals surface area (Å²) in [7, 11) is -5.13. The van der Waals surface area contributed by atoms with Gasteiger partial charge in [-0.1, -0.05) is 218 Å². The maximum Gasteiger partial charge on any atom is 0.472 e. The Labute approximate surface area is 432 Å². The van der Waals surface area contributed by atoms with Gasteiger partial charge in [0.05, 0.1) is 6.61 Å². The van der Waals surface area contributed by atoms with Gasteiger partial charge >= 0.3 is 19.8 Å². The highest BCUT2D eigenvalue weighted by Gasteiger charge is 2.51. The van der Waals surface area contributed by atoms with E-state index >= 15 is 0 Å². The lowest BCUT2D eigenvalue weighted by Gasteiger charge is -2.41. The van der Waals surface area contributed by atoms with Gasteiger partial charge in [0.15, 0.2) is 6.10 Å². The third-order valence-electron chi connectivity index (χ3n) is 13.8. The molecule has 1 fully saturated rings. The van der Waals surface area contributed by atoms with Gasteiger partial charge in [-0.05, 0) is 64.2 Å². The summed E-state index contributed by atoms with van der Waals surface area (Å²) < 4.78 is 33.8. The highest BCUT2D eigenvalue weighted by molar-refractivity contribution is 7.47. The van der Waals surface area contributed by atoms with Crippen molar-refractivity contribution in [2.45, 2.75) is 313 Å². The summed E-state index contributed by atoms with van der Waals surface area (Å²) in [6.45, 7) is 3.35. The minimum Gasteiger partial charge on any atom is -0.462 e. The number of allylic oxidation sites excluding steroid dienone is 4. The van der Waals surface area contributed by atoms with E-state index in [9.17, 15) is 44.6 Å². The molecule has 0 heterocycles. The molecule has 0 saturated heterocycles. The van der Waals surface area contributed by atoms with E-state index in [1.807, 2.05) is 0 Å². The van der Waals surface area contributed by atoms with Gasteiger partial charge in [0.2, 0.25) is 0 Å². The molecule has 0 spiro atoms. The average molecular weight is 1030 g/mol. The van der Waals surface area contributed by atoms with Crippen molar-refractivity contribution in [3.63, 3.8) is 0 Å². The summed E-state index contributed by atoms with van der Waals surface area (Å²) in [6, 6.07) is 0. The number of hydrogen-bond acceptors (Lipinski definition) is 12. The van der Waals surface area contributed by atoms with Crippen LogP contribution >= 0.6 is 7.82 Å². The molecule has 0 aliphatic heterocycles. The van der Waals surface area contributed by atoms with Crippen LogP contribution in [0.15, 0.2) is 24.3 Å². The molecule has 14 heteroatoms. The molecular formula is C57H107O13P. The quantitative estimate of drug-likeness (QED) is 0.0145. The van der Waals surface area contributed by atoms with Gasteiger partial charge in [-0.2, -0.15) is 0 Å². The summed E-state index contributed by atoms with van der Waals surface area (Å²) in [4.78, 5) is 36.0. The number of carbonyl (C=O) groups is 2. The van der Waals surface area contributed by atoms with Crippen LogP contribution in [0.4, 0.5) is 0 Å². The number of phosphoric acid groups is 1. The Morgan fingerprint density at radius 2 is 0.718 bits per heavy atom. The first-order valence-electron chi connectivity index (χ1n) is 29.1. The van der Waals surface area contributed by atoms with Crippen LogP contribution in [0.5, 0.6) is 0 Å². The highest BCUT2D eigenvalue weighted by Crippen LogP contribution is 2.47. The van der Waals surface area contributed by atoms with Crippen LogP contribution in [0.3, 0.4) is 0 Å². The Bertz CT molecular complexity index is 1330. The summed E-state index contributed by atoms with van der Waals surface area (Å²) in [5.41, 5.74) is 0. The van der Waals surface area contributed by atoms with Crippen molar-refractivity contribution >= 4 is 19.8 Å². The van der Waals surface area contributed by atoms with Crippen molar-refractivity contribution in [2.24, 2.45) is 0 Å². The van der Waals surface area contributed by atoms with Gasteiger partial charge in [-0.25, -0.2) is 4.57 Å². The third-order valence-corrected chi connectivity index (χ3v) is 14.8. The van der Waals surface area contributed by atoms with E-state index < -0.39 is 75.7 Å². The van der Waals surface area contributed by atoms with Gasteiger partial charge < -0.3 is 39.9 Å². The molecule has 1 aliphatic rings. The number of ether oxygens (including phenoxy) is 2. The Hall–Kier alpha value is -1.67. The first-order chi connectivity index (χ1) is 34.4. The molecule has 0 aromatic rings. The van der Waals surface area contributed by atoms with Crippen molar-refractivity contribution < 1.29 is 63.1 Å². The zero-order valence-electron chi connectivity index (χ0n) is 45.0. The molecule has 13 nitrogen and oxygen atoms in total. The maximum absolute atomic E-state index is 12.9. The minimum atomic E-state index is -5.13. The number of carbonyl (C=O) groups excluding carboxylic acids is 2. The number of esters is 2. The fourth-order valence-corrected chi connectivity index (χ4v) is 10.1. The maximum atomic E-state index is 12.9. The van der Waals surface area contributed by atoms with Gasteiger partial charge in [0.1, 0.15) is 43.2 Å². The molecular weight excluding hydrogens is 924 g/mol. The Morgan fingerprint density at radius 3 is 1.07 bits per heavy atom. The zero-order chi connectivity index (χ0) is 52.1. The SMILES string of the molecule is CCCCCCCCCC/C=C\CCCCCCCCCCCC(=O)OCC(COP(=O)(O)OC1C(O)C(O)C(O)C(O)C1O)OC(=O)CCCCCCCCCCC/C=C\CCCCCCCCCC.